The van der Waals surface area contributed by atoms with Crippen molar-refractivity contribution in [1.82, 2.24) is 5.32 Å². The van der Waals surface area contributed by atoms with Crippen molar-refractivity contribution in [1.29, 1.82) is 0 Å². The average Bonchev–Trinajstić information content (AvgIpc) is 2.39. The van der Waals surface area contributed by atoms with Gasteiger partial charge in [0.15, 0.2) is 0 Å². The molecule has 1 N–H and O–H groups in total. The van der Waals surface area contributed by atoms with Gasteiger partial charge in [0, 0.05) is 38.0 Å². The molecule has 3 nitrogen and oxygen atoms in total. The van der Waals surface area contributed by atoms with Crippen molar-refractivity contribution >= 4 is 5.69 Å². The number of hydrogen-bond acceptors (Lipinski definition) is 3. The highest BCUT2D eigenvalue weighted by Crippen LogP contribution is 2.20. The van der Waals surface area contributed by atoms with Crippen molar-refractivity contribution in [2.45, 2.75) is 31.8 Å². The van der Waals surface area contributed by atoms with Crippen LogP contribution in [0, 0.1) is 5.82 Å². The topological polar surface area (TPSA) is 24.5 Å². The first kappa shape index (κ1) is 14.3. The minimum atomic E-state index is -0.166. The molecule has 0 bridgehead atoms. The van der Waals surface area contributed by atoms with Gasteiger partial charge in [0.1, 0.15) is 5.82 Å². The zero-order valence-corrected chi connectivity index (χ0v) is 11.7. The van der Waals surface area contributed by atoms with Crippen LogP contribution in [0.1, 0.15) is 19.8 Å². The molecule has 106 valence electrons. The summed E-state index contributed by atoms with van der Waals surface area (Å²) >= 11 is 0. The summed E-state index contributed by atoms with van der Waals surface area (Å²) in [4.78, 5) is 2.25. The number of methoxy groups -OCH3 is 1. The number of piperidine rings is 1. The van der Waals surface area contributed by atoms with Crippen molar-refractivity contribution in [3.05, 3.63) is 30.1 Å². The first-order valence-electron chi connectivity index (χ1n) is 6.94. The van der Waals surface area contributed by atoms with E-state index < -0.39 is 0 Å². The van der Waals surface area contributed by atoms with Gasteiger partial charge in [0.05, 0.1) is 6.61 Å². The number of halogens is 1. The summed E-state index contributed by atoms with van der Waals surface area (Å²) in [6.45, 7) is 4.78. The van der Waals surface area contributed by atoms with Crippen LogP contribution in [0.25, 0.3) is 0 Å². The molecule has 1 heterocycles. The molecule has 0 aromatic heterocycles. The van der Waals surface area contributed by atoms with E-state index in [0.29, 0.717) is 12.1 Å². The maximum Gasteiger partial charge on any atom is 0.125 e. The lowest BCUT2D eigenvalue weighted by atomic mass is 10.0. The Labute approximate surface area is 114 Å². The van der Waals surface area contributed by atoms with Crippen LogP contribution in [-0.2, 0) is 4.74 Å². The summed E-state index contributed by atoms with van der Waals surface area (Å²) < 4.78 is 18.4. The Morgan fingerprint density at radius 1 is 1.53 bits per heavy atom. The number of anilines is 1. The molecule has 2 atom stereocenters. The summed E-state index contributed by atoms with van der Waals surface area (Å²) in [6.07, 6.45) is 2.30. The fraction of sp³-hybridized carbons (Fsp3) is 0.600. The smallest absolute Gasteiger partial charge is 0.125 e. The first-order chi connectivity index (χ1) is 9.19. The quantitative estimate of drug-likeness (QED) is 0.886. The molecule has 4 heteroatoms. The minimum Gasteiger partial charge on any atom is -0.383 e. The number of rotatable bonds is 5. The second-order valence-electron chi connectivity index (χ2n) is 5.29. The number of ether oxygens (including phenoxy) is 1. The number of nitrogens with zero attached hydrogens (tertiary/aromatic N) is 1. The standard InChI is InChI=1S/C15H23FN2O/c1-12(11-19-2)17-14-6-4-8-18(10-14)15-7-3-5-13(16)9-15/h3,5,7,9,12,14,17H,4,6,8,10-11H2,1-2H3/t12-,14+/m1/s1. The monoisotopic (exact) mass is 266 g/mol. The highest BCUT2D eigenvalue weighted by molar-refractivity contribution is 5.47. The Morgan fingerprint density at radius 3 is 3.11 bits per heavy atom. The Balaban J connectivity index is 1.93. The number of benzene rings is 1. The Kier molecular flexibility index (Phi) is 5.16. The van der Waals surface area contributed by atoms with E-state index in [-0.39, 0.29) is 5.82 Å². The SMILES string of the molecule is COC[C@@H](C)N[C@H]1CCCN(c2cccc(F)c2)C1. The van der Waals surface area contributed by atoms with Gasteiger partial charge < -0.3 is 15.0 Å². The number of hydrogen-bond donors (Lipinski definition) is 1. The fourth-order valence-corrected chi connectivity index (χ4v) is 2.72. The van der Waals surface area contributed by atoms with Crippen molar-refractivity contribution < 1.29 is 9.13 Å². The lowest BCUT2D eigenvalue weighted by Gasteiger charge is -2.36. The molecule has 2 rings (SSSR count). The van der Waals surface area contributed by atoms with Crippen molar-refractivity contribution in [3.8, 4) is 0 Å². The van der Waals surface area contributed by atoms with Gasteiger partial charge in [-0.05, 0) is 38.0 Å². The molecule has 1 aliphatic rings. The molecular formula is C15H23FN2O. The molecule has 0 spiro atoms. The van der Waals surface area contributed by atoms with E-state index in [1.807, 2.05) is 6.07 Å². The average molecular weight is 266 g/mol. The predicted molar refractivity (Wildman–Crippen MR) is 76.1 cm³/mol. The zero-order valence-electron chi connectivity index (χ0n) is 11.7. The third kappa shape index (κ3) is 4.18. The maximum atomic E-state index is 13.3. The van der Waals surface area contributed by atoms with E-state index in [1.54, 1.807) is 19.2 Å². The molecule has 0 aliphatic carbocycles. The normalized spacial score (nSPS) is 21.4. The molecule has 1 aromatic carbocycles. The zero-order chi connectivity index (χ0) is 13.7. The summed E-state index contributed by atoms with van der Waals surface area (Å²) in [7, 11) is 1.72. The van der Waals surface area contributed by atoms with Crippen LogP contribution >= 0.6 is 0 Å². The van der Waals surface area contributed by atoms with Gasteiger partial charge in [-0.25, -0.2) is 4.39 Å². The molecule has 0 saturated carbocycles. The summed E-state index contributed by atoms with van der Waals surface area (Å²) in [5.74, 6) is -0.166. The molecule has 0 amide bonds. The maximum absolute atomic E-state index is 13.3. The van der Waals surface area contributed by atoms with Gasteiger partial charge in [0.2, 0.25) is 0 Å². The summed E-state index contributed by atoms with van der Waals surface area (Å²) in [6, 6.07) is 7.65. The van der Waals surface area contributed by atoms with Crippen LogP contribution < -0.4 is 10.2 Å². The van der Waals surface area contributed by atoms with E-state index in [2.05, 4.69) is 17.1 Å². The molecule has 0 radical (unpaired) electrons. The van der Waals surface area contributed by atoms with Gasteiger partial charge in [-0.3, -0.25) is 0 Å². The molecule has 1 saturated heterocycles. The van der Waals surface area contributed by atoms with Gasteiger partial charge in [0.25, 0.3) is 0 Å². The molecule has 1 aliphatic heterocycles. The van der Waals surface area contributed by atoms with Crippen LogP contribution in [-0.4, -0.2) is 38.9 Å². The molecule has 1 fully saturated rings. The summed E-state index contributed by atoms with van der Waals surface area (Å²) in [5, 5.41) is 3.57. The largest absolute Gasteiger partial charge is 0.383 e. The second-order valence-corrected chi connectivity index (χ2v) is 5.29. The van der Waals surface area contributed by atoms with E-state index in [9.17, 15) is 4.39 Å². The minimum absolute atomic E-state index is 0.166. The predicted octanol–water partition coefficient (Wildman–Crippen LogP) is 2.42. The molecule has 19 heavy (non-hydrogen) atoms. The van der Waals surface area contributed by atoms with Crippen molar-refractivity contribution in [3.63, 3.8) is 0 Å². The summed E-state index contributed by atoms with van der Waals surface area (Å²) in [5.41, 5.74) is 0.978. The third-order valence-corrected chi connectivity index (χ3v) is 3.53. The Morgan fingerprint density at radius 2 is 2.37 bits per heavy atom. The lowest BCUT2D eigenvalue weighted by molar-refractivity contribution is 0.164. The molecule has 0 unspecified atom stereocenters. The number of nitrogens with one attached hydrogen (secondary N) is 1. The van der Waals surface area contributed by atoms with Gasteiger partial charge in [-0.15, -0.1) is 0 Å². The Hall–Kier alpha value is -1.13. The highest BCUT2D eigenvalue weighted by Gasteiger charge is 2.21. The molecule has 1 aromatic rings. The van der Waals surface area contributed by atoms with Crippen LogP contribution in [0.4, 0.5) is 10.1 Å². The fourth-order valence-electron chi connectivity index (χ4n) is 2.72. The van der Waals surface area contributed by atoms with Crippen LogP contribution in [0.2, 0.25) is 0 Å². The van der Waals surface area contributed by atoms with Crippen molar-refractivity contribution in [2.24, 2.45) is 0 Å². The Bertz CT molecular complexity index is 399. The van der Waals surface area contributed by atoms with Gasteiger partial charge in [-0.2, -0.15) is 0 Å². The van der Waals surface area contributed by atoms with Gasteiger partial charge in [-0.1, -0.05) is 6.07 Å². The van der Waals surface area contributed by atoms with Crippen LogP contribution in [0.15, 0.2) is 24.3 Å². The van der Waals surface area contributed by atoms with Crippen LogP contribution in [0.3, 0.4) is 0 Å². The van der Waals surface area contributed by atoms with E-state index >= 15 is 0 Å². The lowest BCUT2D eigenvalue weighted by Crippen LogP contribution is -2.49. The second kappa shape index (κ2) is 6.87. The van der Waals surface area contributed by atoms with E-state index in [4.69, 9.17) is 4.74 Å². The van der Waals surface area contributed by atoms with Crippen LogP contribution in [0.5, 0.6) is 0 Å². The van der Waals surface area contributed by atoms with Crippen molar-refractivity contribution in [2.75, 3.05) is 31.7 Å². The van der Waals surface area contributed by atoms with E-state index in [1.165, 1.54) is 12.5 Å². The van der Waals surface area contributed by atoms with E-state index in [0.717, 1.165) is 31.8 Å². The third-order valence-electron chi connectivity index (χ3n) is 3.53. The first-order valence-corrected chi connectivity index (χ1v) is 6.94. The van der Waals surface area contributed by atoms with Gasteiger partial charge >= 0.3 is 0 Å². The highest BCUT2D eigenvalue weighted by atomic mass is 19.1. The molecular weight excluding hydrogens is 243 g/mol.